The molecule has 0 saturated heterocycles. The van der Waals surface area contributed by atoms with Crippen LogP contribution in [0.25, 0.3) is 120 Å². The molecule has 0 bridgehead atoms. The fourth-order valence-corrected chi connectivity index (χ4v) is 8.72. The number of para-hydroxylation sites is 1. The van der Waals surface area contributed by atoms with E-state index in [1.54, 1.807) is 0 Å². The maximum atomic E-state index is 6.32. The molecule has 0 atom stereocenters. The van der Waals surface area contributed by atoms with E-state index in [0.717, 1.165) is 49.4 Å². The van der Waals surface area contributed by atoms with E-state index in [1.807, 2.05) is 18.2 Å². The minimum absolute atomic E-state index is 0.875. The molecule has 0 unspecified atom stereocenters. The van der Waals surface area contributed by atoms with Crippen LogP contribution in [0.4, 0.5) is 0 Å². The van der Waals surface area contributed by atoms with Crippen LogP contribution in [0, 0.1) is 0 Å². The third-order valence-corrected chi connectivity index (χ3v) is 11.4. The summed E-state index contributed by atoms with van der Waals surface area (Å²) in [6.45, 7) is 0. The van der Waals surface area contributed by atoms with Crippen LogP contribution in [0.15, 0.2) is 191 Å². The molecule has 2 nitrogen and oxygen atoms in total. The Morgan fingerprint density at radius 1 is 0.204 bits per heavy atom. The van der Waals surface area contributed by atoms with Gasteiger partial charge in [0.05, 0.1) is 0 Å². The van der Waals surface area contributed by atoms with Crippen molar-refractivity contribution in [2.45, 2.75) is 0 Å². The molecular weight excluding hydrogens is 657 g/mol. The fraction of sp³-hybridized carbons (Fsp3) is 0. The number of benzene rings is 10. The van der Waals surface area contributed by atoms with E-state index in [2.05, 4.69) is 164 Å². The van der Waals surface area contributed by atoms with Crippen LogP contribution in [0.2, 0.25) is 0 Å². The monoisotopic (exact) mass is 686 g/mol. The zero-order valence-corrected chi connectivity index (χ0v) is 29.1. The first-order valence-corrected chi connectivity index (χ1v) is 18.5. The molecule has 0 fully saturated rings. The van der Waals surface area contributed by atoms with E-state index >= 15 is 0 Å². The Balaban J connectivity index is 0.869. The number of rotatable bonds is 3. The van der Waals surface area contributed by atoms with Crippen molar-refractivity contribution in [2.75, 3.05) is 0 Å². The standard InChI is InChI=1S/C52H30O2/c1-2-9-41-39(7-1)40-8-3-4-10-42(40)45-27-38(21-23-43(41)45)36-20-19-34-25-33(17-18-35(34)26-36)31-13-15-32(16-14-31)37-22-24-50-46(28-37)48-30-51-47(29-52(48)54-50)44-11-5-6-12-49(44)53-51/h1-30H. The average Bonchev–Trinajstić information content (AvgIpc) is 3.79. The van der Waals surface area contributed by atoms with Gasteiger partial charge >= 0.3 is 0 Å². The lowest BCUT2D eigenvalue weighted by Crippen LogP contribution is -1.85. The van der Waals surface area contributed by atoms with Crippen molar-refractivity contribution in [3.63, 3.8) is 0 Å². The smallest absolute Gasteiger partial charge is 0.136 e. The lowest BCUT2D eigenvalue weighted by Gasteiger charge is -2.12. The van der Waals surface area contributed by atoms with Crippen molar-refractivity contribution in [1.29, 1.82) is 0 Å². The summed E-state index contributed by atoms with van der Waals surface area (Å²) in [6.07, 6.45) is 0. The Bertz CT molecular complexity index is 3450. The van der Waals surface area contributed by atoms with Crippen LogP contribution in [0.3, 0.4) is 0 Å². The summed E-state index contributed by atoms with van der Waals surface area (Å²) in [5, 5.41) is 14.6. The van der Waals surface area contributed by atoms with Gasteiger partial charge in [-0.2, -0.15) is 0 Å². The molecule has 12 rings (SSSR count). The number of furan rings is 2. The normalized spacial score (nSPS) is 12.1. The van der Waals surface area contributed by atoms with Gasteiger partial charge in [-0.3, -0.25) is 0 Å². The molecule has 10 aromatic carbocycles. The van der Waals surface area contributed by atoms with Crippen LogP contribution in [-0.4, -0.2) is 0 Å². The lowest BCUT2D eigenvalue weighted by molar-refractivity contribution is 0.664. The van der Waals surface area contributed by atoms with Gasteiger partial charge in [0.1, 0.15) is 22.3 Å². The highest BCUT2D eigenvalue weighted by atomic mass is 16.3. The Morgan fingerprint density at radius 2 is 0.574 bits per heavy atom. The van der Waals surface area contributed by atoms with E-state index in [0.29, 0.717) is 0 Å². The first-order chi connectivity index (χ1) is 26.7. The van der Waals surface area contributed by atoms with Gasteiger partial charge in [-0.05, 0) is 125 Å². The Labute approximate surface area is 310 Å². The molecule has 0 N–H and O–H groups in total. The van der Waals surface area contributed by atoms with Crippen LogP contribution in [-0.2, 0) is 0 Å². The van der Waals surface area contributed by atoms with E-state index < -0.39 is 0 Å². The van der Waals surface area contributed by atoms with E-state index in [-0.39, 0.29) is 0 Å². The molecule has 0 radical (unpaired) electrons. The summed E-state index contributed by atoms with van der Waals surface area (Å²) in [4.78, 5) is 0. The topological polar surface area (TPSA) is 26.3 Å². The lowest BCUT2D eigenvalue weighted by atomic mass is 9.91. The summed E-state index contributed by atoms with van der Waals surface area (Å²) >= 11 is 0. The first-order valence-electron chi connectivity index (χ1n) is 18.5. The van der Waals surface area contributed by atoms with Crippen LogP contribution < -0.4 is 0 Å². The van der Waals surface area contributed by atoms with Crippen molar-refractivity contribution < 1.29 is 8.83 Å². The minimum Gasteiger partial charge on any atom is -0.456 e. The Morgan fingerprint density at radius 3 is 1.20 bits per heavy atom. The molecule has 250 valence electrons. The number of hydrogen-bond acceptors (Lipinski definition) is 2. The maximum Gasteiger partial charge on any atom is 0.136 e. The molecule has 0 aliphatic rings. The van der Waals surface area contributed by atoms with Crippen molar-refractivity contribution in [1.82, 2.24) is 0 Å². The van der Waals surface area contributed by atoms with Gasteiger partial charge in [-0.1, -0.05) is 133 Å². The molecule has 2 heteroatoms. The summed E-state index contributed by atoms with van der Waals surface area (Å²) in [7, 11) is 0. The predicted octanol–water partition coefficient (Wildman–Crippen LogP) is 15.1. The average molecular weight is 687 g/mol. The third kappa shape index (κ3) is 4.41. The highest BCUT2D eigenvalue weighted by molar-refractivity contribution is 6.26. The van der Waals surface area contributed by atoms with Gasteiger partial charge in [-0.15, -0.1) is 0 Å². The minimum atomic E-state index is 0.875. The van der Waals surface area contributed by atoms with Crippen LogP contribution in [0.5, 0.6) is 0 Å². The largest absolute Gasteiger partial charge is 0.456 e. The third-order valence-electron chi connectivity index (χ3n) is 11.4. The Kier molecular flexibility index (Phi) is 6.09. The first kappa shape index (κ1) is 29.4. The van der Waals surface area contributed by atoms with Gasteiger partial charge in [0.15, 0.2) is 0 Å². The van der Waals surface area contributed by atoms with Crippen molar-refractivity contribution in [3.8, 4) is 33.4 Å². The molecule has 0 spiro atoms. The van der Waals surface area contributed by atoms with Crippen LogP contribution in [0.1, 0.15) is 0 Å². The summed E-state index contributed by atoms with van der Waals surface area (Å²) < 4.78 is 12.5. The quantitative estimate of drug-likeness (QED) is 0.173. The van der Waals surface area contributed by atoms with E-state index in [1.165, 1.54) is 70.9 Å². The summed E-state index contributed by atoms with van der Waals surface area (Å²) in [6, 6.07) is 65.8. The molecule has 12 aromatic rings. The molecule has 0 amide bonds. The summed E-state index contributed by atoms with van der Waals surface area (Å²) in [5.41, 5.74) is 10.7. The van der Waals surface area contributed by atoms with Crippen molar-refractivity contribution in [2.24, 2.45) is 0 Å². The van der Waals surface area contributed by atoms with Gasteiger partial charge in [0.25, 0.3) is 0 Å². The molecule has 0 aliphatic heterocycles. The molecular formula is C52H30O2. The van der Waals surface area contributed by atoms with Gasteiger partial charge in [-0.25, -0.2) is 0 Å². The van der Waals surface area contributed by atoms with Crippen LogP contribution >= 0.6 is 0 Å². The maximum absolute atomic E-state index is 6.32. The fourth-order valence-electron chi connectivity index (χ4n) is 8.72. The zero-order chi connectivity index (χ0) is 35.3. The second-order valence-electron chi connectivity index (χ2n) is 14.5. The Hall–Kier alpha value is -7.16. The molecule has 0 saturated carbocycles. The van der Waals surface area contributed by atoms with E-state index in [4.69, 9.17) is 8.83 Å². The molecule has 0 aliphatic carbocycles. The molecule has 2 aromatic heterocycles. The number of hydrogen-bond donors (Lipinski definition) is 0. The second kappa shape index (κ2) is 11.2. The molecule has 54 heavy (non-hydrogen) atoms. The predicted molar refractivity (Wildman–Crippen MR) is 227 cm³/mol. The second-order valence-corrected chi connectivity index (χ2v) is 14.5. The van der Waals surface area contributed by atoms with Gasteiger partial charge in [0.2, 0.25) is 0 Å². The highest BCUT2D eigenvalue weighted by Crippen LogP contribution is 2.40. The van der Waals surface area contributed by atoms with E-state index in [9.17, 15) is 0 Å². The van der Waals surface area contributed by atoms with Gasteiger partial charge < -0.3 is 8.83 Å². The summed E-state index contributed by atoms with van der Waals surface area (Å²) in [5.74, 6) is 0. The SMILES string of the molecule is c1ccc2c(c1)oc1cc3c(cc12)oc1ccc(-c2ccc(-c4ccc5cc(-c6ccc7c8ccccc8c8ccccc8c7c6)ccc5c4)cc2)cc13. The van der Waals surface area contributed by atoms with Crippen molar-refractivity contribution in [3.05, 3.63) is 182 Å². The van der Waals surface area contributed by atoms with Crippen molar-refractivity contribution >= 4 is 87.0 Å². The highest BCUT2D eigenvalue weighted by Gasteiger charge is 2.15. The number of fused-ring (bicyclic) bond motifs is 13. The zero-order valence-electron chi connectivity index (χ0n) is 29.1. The molecule has 2 heterocycles. The van der Waals surface area contributed by atoms with Gasteiger partial charge in [0, 0.05) is 21.5 Å².